The number of hydrogen-bond donors (Lipinski definition) is 1. The maximum absolute atomic E-state index is 11.8. The first kappa shape index (κ1) is 11.5. The Kier molecular flexibility index (Phi) is 3.20. The lowest BCUT2D eigenvalue weighted by molar-refractivity contribution is -0.156. The topological polar surface area (TPSA) is 52.3 Å². The van der Waals surface area contributed by atoms with E-state index in [0.717, 1.165) is 25.7 Å². The fraction of sp³-hybridized carbons (Fsp3) is 0.909. The van der Waals surface area contributed by atoms with Gasteiger partial charge in [-0.1, -0.05) is 26.7 Å². The van der Waals surface area contributed by atoms with Gasteiger partial charge >= 0.3 is 5.97 Å². The molecule has 1 aliphatic carbocycles. The average molecular weight is 199 g/mol. The molecule has 2 N–H and O–H groups in total. The molecule has 0 amide bonds. The van der Waals surface area contributed by atoms with Crippen LogP contribution in [0, 0.1) is 5.41 Å². The Bertz CT molecular complexity index is 225. The van der Waals surface area contributed by atoms with Crippen molar-refractivity contribution in [1.82, 2.24) is 0 Å². The van der Waals surface area contributed by atoms with E-state index in [4.69, 9.17) is 10.5 Å². The summed E-state index contributed by atoms with van der Waals surface area (Å²) in [6, 6.07) is 0. The van der Waals surface area contributed by atoms with Crippen molar-refractivity contribution in [3.05, 3.63) is 0 Å². The Morgan fingerprint density at radius 2 is 1.93 bits per heavy atom. The molecule has 0 aromatic rings. The lowest BCUT2D eigenvalue weighted by Gasteiger charge is -2.45. The fourth-order valence-electron chi connectivity index (χ4n) is 2.17. The molecule has 1 unspecified atom stereocenters. The lowest BCUT2D eigenvalue weighted by Crippen LogP contribution is -2.61. The van der Waals surface area contributed by atoms with Gasteiger partial charge < -0.3 is 10.5 Å². The van der Waals surface area contributed by atoms with Gasteiger partial charge in [-0.25, -0.2) is 0 Å². The quantitative estimate of drug-likeness (QED) is 0.690. The standard InChI is InChI=1S/C11H21NO2/c1-4-14-9(13)11(12)8-6-5-7-10(11,2)3/h4-8,12H2,1-3H3. The zero-order chi connectivity index (χ0) is 10.8. The van der Waals surface area contributed by atoms with Gasteiger partial charge in [0.25, 0.3) is 0 Å². The van der Waals surface area contributed by atoms with E-state index in [1.54, 1.807) is 0 Å². The summed E-state index contributed by atoms with van der Waals surface area (Å²) in [4.78, 5) is 11.8. The van der Waals surface area contributed by atoms with Crippen LogP contribution in [0.2, 0.25) is 0 Å². The molecule has 1 rings (SSSR count). The average Bonchev–Trinajstić information content (AvgIpc) is 2.10. The zero-order valence-corrected chi connectivity index (χ0v) is 9.43. The molecule has 0 bridgehead atoms. The number of carbonyl (C=O) groups is 1. The predicted octanol–water partition coefficient (Wildman–Crippen LogP) is 1.85. The second kappa shape index (κ2) is 3.89. The van der Waals surface area contributed by atoms with E-state index in [1.807, 2.05) is 6.92 Å². The van der Waals surface area contributed by atoms with E-state index in [2.05, 4.69) is 13.8 Å². The summed E-state index contributed by atoms with van der Waals surface area (Å²) < 4.78 is 5.06. The van der Waals surface area contributed by atoms with Crippen LogP contribution >= 0.6 is 0 Å². The summed E-state index contributed by atoms with van der Waals surface area (Å²) in [5.74, 6) is -0.232. The van der Waals surface area contributed by atoms with Crippen molar-refractivity contribution in [3.63, 3.8) is 0 Å². The lowest BCUT2D eigenvalue weighted by atomic mass is 9.63. The van der Waals surface area contributed by atoms with Crippen molar-refractivity contribution >= 4 is 5.97 Å². The van der Waals surface area contributed by atoms with Gasteiger partial charge in [0.15, 0.2) is 0 Å². The molecule has 3 heteroatoms. The Morgan fingerprint density at radius 1 is 1.36 bits per heavy atom. The smallest absolute Gasteiger partial charge is 0.326 e. The molecular formula is C11H21NO2. The molecule has 0 heterocycles. The molecule has 1 atom stereocenters. The van der Waals surface area contributed by atoms with Crippen molar-refractivity contribution in [2.75, 3.05) is 6.61 Å². The summed E-state index contributed by atoms with van der Waals surface area (Å²) >= 11 is 0. The van der Waals surface area contributed by atoms with Crippen LogP contribution in [-0.2, 0) is 9.53 Å². The van der Waals surface area contributed by atoms with Crippen LogP contribution in [0.25, 0.3) is 0 Å². The van der Waals surface area contributed by atoms with Gasteiger partial charge in [0, 0.05) is 0 Å². The normalized spacial score (nSPS) is 31.1. The highest BCUT2D eigenvalue weighted by molar-refractivity contribution is 5.81. The Balaban J connectivity index is 2.83. The highest BCUT2D eigenvalue weighted by Crippen LogP contribution is 2.42. The van der Waals surface area contributed by atoms with Gasteiger partial charge in [-0.2, -0.15) is 0 Å². The van der Waals surface area contributed by atoms with Crippen LogP contribution in [0.3, 0.4) is 0 Å². The minimum absolute atomic E-state index is 0.141. The molecule has 14 heavy (non-hydrogen) atoms. The molecule has 0 spiro atoms. The maximum atomic E-state index is 11.8. The molecule has 1 fully saturated rings. The van der Waals surface area contributed by atoms with Crippen molar-refractivity contribution in [3.8, 4) is 0 Å². The highest BCUT2D eigenvalue weighted by atomic mass is 16.5. The second-order valence-electron chi connectivity index (χ2n) is 4.78. The summed E-state index contributed by atoms with van der Waals surface area (Å²) in [5, 5.41) is 0. The highest BCUT2D eigenvalue weighted by Gasteiger charge is 2.50. The summed E-state index contributed by atoms with van der Waals surface area (Å²) in [6.45, 7) is 6.34. The number of carbonyl (C=O) groups excluding carboxylic acids is 1. The second-order valence-corrected chi connectivity index (χ2v) is 4.78. The zero-order valence-electron chi connectivity index (χ0n) is 9.43. The molecular weight excluding hydrogens is 178 g/mol. The van der Waals surface area contributed by atoms with Crippen LogP contribution in [0.4, 0.5) is 0 Å². The summed E-state index contributed by atoms with van der Waals surface area (Å²) in [6.07, 6.45) is 3.94. The van der Waals surface area contributed by atoms with Gasteiger partial charge in [-0.3, -0.25) is 4.79 Å². The number of hydrogen-bond acceptors (Lipinski definition) is 3. The SMILES string of the molecule is CCOC(=O)C1(N)CCCCC1(C)C. The van der Waals surface area contributed by atoms with Gasteiger partial charge in [0.2, 0.25) is 0 Å². The van der Waals surface area contributed by atoms with Crippen molar-refractivity contribution < 1.29 is 9.53 Å². The minimum Gasteiger partial charge on any atom is -0.465 e. The number of esters is 1. The van der Waals surface area contributed by atoms with Crippen LogP contribution in [-0.4, -0.2) is 18.1 Å². The Morgan fingerprint density at radius 3 is 2.43 bits per heavy atom. The number of nitrogens with two attached hydrogens (primary N) is 1. The molecule has 1 aliphatic rings. The van der Waals surface area contributed by atoms with E-state index in [9.17, 15) is 4.79 Å². The largest absolute Gasteiger partial charge is 0.465 e. The van der Waals surface area contributed by atoms with E-state index < -0.39 is 5.54 Å². The third-order valence-electron chi connectivity index (χ3n) is 3.47. The van der Waals surface area contributed by atoms with Crippen LogP contribution < -0.4 is 5.73 Å². The van der Waals surface area contributed by atoms with Gasteiger partial charge in [-0.15, -0.1) is 0 Å². The van der Waals surface area contributed by atoms with Crippen molar-refractivity contribution in [1.29, 1.82) is 0 Å². The van der Waals surface area contributed by atoms with Gasteiger partial charge in [-0.05, 0) is 25.2 Å². The molecule has 1 saturated carbocycles. The van der Waals surface area contributed by atoms with Crippen LogP contribution in [0.15, 0.2) is 0 Å². The van der Waals surface area contributed by atoms with Gasteiger partial charge in [0.05, 0.1) is 6.61 Å². The number of ether oxygens (including phenoxy) is 1. The first-order chi connectivity index (χ1) is 6.44. The molecule has 82 valence electrons. The van der Waals surface area contributed by atoms with E-state index in [-0.39, 0.29) is 11.4 Å². The Labute approximate surface area is 86.0 Å². The van der Waals surface area contributed by atoms with Crippen LogP contribution in [0.5, 0.6) is 0 Å². The fourth-order valence-corrected chi connectivity index (χ4v) is 2.17. The molecule has 0 radical (unpaired) electrons. The molecule has 0 aromatic carbocycles. The van der Waals surface area contributed by atoms with E-state index >= 15 is 0 Å². The summed E-state index contributed by atoms with van der Waals surface area (Å²) in [5.41, 5.74) is 5.27. The molecule has 0 aliphatic heterocycles. The Hall–Kier alpha value is -0.570. The first-order valence-corrected chi connectivity index (χ1v) is 5.40. The third kappa shape index (κ3) is 1.78. The van der Waals surface area contributed by atoms with Crippen molar-refractivity contribution in [2.24, 2.45) is 11.1 Å². The van der Waals surface area contributed by atoms with Crippen molar-refractivity contribution in [2.45, 2.75) is 52.0 Å². The first-order valence-electron chi connectivity index (χ1n) is 5.40. The maximum Gasteiger partial charge on any atom is 0.326 e. The molecule has 0 aromatic heterocycles. The van der Waals surface area contributed by atoms with Gasteiger partial charge in [0.1, 0.15) is 5.54 Å². The minimum atomic E-state index is -0.777. The third-order valence-corrected chi connectivity index (χ3v) is 3.47. The van der Waals surface area contributed by atoms with E-state index in [0.29, 0.717) is 6.61 Å². The molecule has 0 saturated heterocycles. The predicted molar refractivity (Wildman–Crippen MR) is 55.8 cm³/mol. The summed E-state index contributed by atoms with van der Waals surface area (Å²) in [7, 11) is 0. The van der Waals surface area contributed by atoms with Crippen LogP contribution in [0.1, 0.15) is 46.5 Å². The number of rotatable bonds is 2. The monoisotopic (exact) mass is 199 g/mol. The molecule has 3 nitrogen and oxygen atoms in total. The van der Waals surface area contributed by atoms with E-state index in [1.165, 1.54) is 0 Å².